The molecule has 1 atom stereocenters. The van der Waals surface area contributed by atoms with Crippen LogP contribution in [-0.4, -0.2) is 51.1 Å². The highest BCUT2D eigenvalue weighted by Crippen LogP contribution is 2.35. The third-order valence-electron chi connectivity index (χ3n) is 2.92. The number of carboxylic acids is 1. The lowest BCUT2D eigenvalue weighted by molar-refractivity contribution is -0.140. The maximum atomic E-state index is 12.5. The predicted molar refractivity (Wildman–Crippen MR) is 71.6 cm³/mol. The van der Waals surface area contributed by atoms with Crippen molar-refractivity contribution < 1.29 is 27.8 Å². The van der Waals surface area contributed by atoms with Crippen LogP contribution in [-0.2, 0) is 14.8 Å². The maximum Gasteiger partial charge on any atom is 0.321 e. The van der Waals surface area contributed by atoms with E-state index in [1.807, 2.05) is 0 Å². The van der Waals surface area contributed by atoms with Crippen molar-refractivity contribution in [2.24, 2.45) is 0 Å². The Morgan fingerprint density at radius 1 is 1.25 bits per heavy atom. The molecule has 8 heteroatoms. The van der Waals surface area contributed by atoms with E-state index in [0.29, 0.717) is 0 Å². The van der Waals surface area contributed by atoms with E-state index in [1.54, 1.807) is 6.07 Å². The van der Waals surface area contributed by atoms with Crippen molar-refractivity contribution in [3.05, 3.63) is 18.2 Å². The molecular formula is C12H17NO6S. The van der Waals surface area contributed by atoms with Crippen molar-refractivity contribution in [1.82, 2.24) is 4.31 Å². The zero-order valence-corrected chi connectivity index (χ0v) is 12.5. The molecule has 1 aromatic rings. The Kier molecular flexibility index (Phi) is 4.96. The maximum absolute atomic E-state index is 12.5. The fourth-order valence-corrected chi connectivity index (χ4v) is 3.18. The van der Waals surface area contributed by atoms with Crippen molar-refractivity contribution in [3.8, 4) is 11.5 Å². The van der Waals surface area contributed by atoms with Gasteiger partial charge in [0.25, 0.3) is 10.0 Å². The normalized spacial score (nSPS) is 13.1. The Hall–Kier alpha value is -1.80. The summed E-state index contributed by atoms with van der Waals surface area (Å²) in [5.41, 5.74) is 0. The Balaban J connectivity index is 3.46. The minimum absolute atomic E-state index is 0.0915. The number of hydrogen-bond donors (Lipinski definition) is 1. The molecule has 0 aromatic heterocycles. The van der Waals surface area contributed by atoms with E-state index in [2.05, 4.69) is 0 Å². The topological polar surface area (TPSA) is 93.1 Å². The first-order valence-corrected chi connectivity index (χ1v) is 7.13. The van der Waals surface area contributed by atoms with Crippen molar-refractivity contribution in [1.29, 1.82) is 0 Å². The van der Waals surface area contributed by atoms with Crippen molar-refractivity contribution in [2.75, 3.05) is 21.3 Å². The quantitative estimate of drug-likeness (QED) is 0.835. The number of likely N-dealkylation sites (N-methyl/N-ethyl adjacent to an activating group) is 1. The Morgan fingerprint density at radius 2 is 1.70 bits per heavy atom. The van der Waals surface area contributed by atoms with Gasteiger partial charge in [0.1, 0.15) is 17.5 Å². The lowest BCUT2D eigenvalue weighted by atomic mass is 10.3. The number of ether oxygens (including phenoxy) is 2. The van der Waals surface area contributed by atoms with Gasteiger partial charge in [0.2, 0.25) is 0 Å². The molecule has 1 N–H and O–H groups in total. The van der Waals surface area contributed by atoms with Crippen LogP contribution in [0.4, 0.5) is 0 Å². The number of carboxylic acid groups (broad SMARTS) is 1. The predicted octanol–water partition coefficient (Wildman–Crippen LogP) is 0.797. The summed E-state index contributed by atoms with van der Waals surface area (Å²) in [5.74, 6) is -1.06. The summed E-state index contributed by atoms with van der Waals surface area (Å²) in [6.45, 7) is 1.28. The van der Waals surface area contributed by atoms with Gasteiger partial charge in [-0.3, -0.25) is 4.79 Å². The molecule has 0 radical (unpaired) electrons. The summed E-state index contributed by atoms with van der Waals surface area (Å²) in [4.78, 5) is 10.8. The van der Waals surface area contributed by atoms with Crippen LogP contribution in [0.25, 0.3) is 0 Å². The van der Waals surface area contributed by atoms with Crippen LogP contribution in [0.1, 0.15) is 6.92 Å². The van der Waals surface area contributed by atoms with E-state index in [4.69, 9.17) is 14.6 Å². The van der Waals surface area contributed by atoms with Gasteiger partial charge in [-0.15, -0.1) is 0 Å². The lowest BCUT2D eigenvalue weighted by Crippen LogP contribution is -2.40. The molecule has 1 aromatic carbocycles. The second-order valence-electron chi connectivity index (χ2n) is 4.03. The summed E-state index contributed by atoms with van der Waals surface area (Å²) in [7, 11) is -0.216. The van der Waals surface area contributed by atoms with Crippen molar-refractivity contribution in [3.63, 3.8) is 0 Å². The van der Waals surface area contributed by atoms with Crippen LogP contribution in [0.3, 0.4) is 0 Å². The van der Waals surface area contributed by atoms with Gasteiger partial charge in [-0.25, -0.2) is 8.42 Å². The molecule has 0 saturated heterocycles. The minimum atomic E-state index is -4.07. The largest absolute Gasteiger partial charge is 0.495 e. The Labute approximate surface area is 117 Å². The third kappa shape index (κ3) is 2.86. The first-order chi connectivity index (χ1) is 9.27. The summed E-state index contributed by atoms with van der Waals surface area (Å²) in [6.07, 6.45) is 0. The molecule has 0 heterocycles. The summed E-state index contributed by atoms with van der Waals surface area (Å²) < 4.78 is 35.9. The van der Waals surface area contributed by atoms with Gasteiger partial charge < -0.3 is 14.6 Å². The number of rotatable bonds is 6. The van der Waals surface area contributed by atoms with Crippen molar-refractivity contribution >= 4 is 16.0 Å². The fourth-order valence-electron chi connectivity index (χ4n) is 1.58. The van der Waals surface area contributed by atoms with Gasteiger partial charge >= 0.3 is 5.97 Å². The third-order valence-corrected chi connectivity index (χ3v) is 4.92. The second-order valence-corrected chi connectivity index (χ2v) is 5.96. The summed E-state index contributed by atoms with van der Waals surface area (Å²) in [5, 5.41) is 8.95. The fraction of sp³-hybridized carbons (Fsp3) is 0.417. The zero-order valence-electron chi connectivity index (χ0n) is 11.7. The number of hydrogen-bond acceptors (Lipinski definition) is 5. The van der Waals surface area contributed by atoms with Gasteiger partial charge in [0, 0.05) is 7.05 Å². The van der Waals surface area contributed by atoms with Gasteiger partial charge in [0.15, 0.2) is 4.90 Å². The second kappa shape index (κ2) is 6.10. The molecule has 0 aliphatic heterocycles. The van der Waals surface area contributed by atoms with Crippen molar-refractivity contribution in [2.45, 2.75) is 17.9 Å². The van der Waals surface area contributed by atoms with Gasteiger partial charge in [-0.05, 0) is 19.1 Å². The number of nitrogens with zero attached hydrogens (tertiary/aromatic N) is 1. The lowest BCUT2D eigenvalue weighted by Gasteiger charge is -2.23. The van der Waals surface area contributed by atoms with E-state index >= 15 is 0 Å². The molecule has 7 nitrogen and oxygen atoms in total. The van der Waals surface area contributed by atoms with Crippen LogP contribution >= 0.6 is 0 Å². The zero-order chi connectivity index (χ0) is 15.5. The molecule has 0 spiro atoms. The number of benzene rings is 1. The molecule has 0 aliphatic carbocycles. The van der Waals surface area contributed by atoms with Crippen LogP contribution in [0.2, 0.25) is 0 Å². The first-order valence-electron chi connectivity index (χ1n) is 5.69. The molecule has 112 valence electrons. The molecule has 0 bridgehead atoms. The number of carbonyl (C=O) groups is 1. The van der Waals surface area contributed by atoms with E-state index in [9.17, 15) is 13.2 Å². The highest BCUT2D eigenvalue weighted by Gasteiger charge is 2.34. The van der Waals surface area contributed by atoms with Gasteiger partial charge in [-0.1, -0.05) is 6.07 Å². The Morgan fingerprint density at radius 3 is 2.05 bits per heavy atom. The first kappa shape index (κ1) is 16.3. The smallest absolute Gasteiger partial charge is 0.321 e. The van der Waals surface area contributed by atoms with E-state index in [0.717, 1.165) is 4.31 Å². The number of sulfonamides is 1. The molecule has 0 aliphatic rings. The summed E-state index contributed by atoms with van der Waals surface area (Å²) in [6, 6.07) is 3.30. The van der Waals surface area contributed by atoms with Crippen LogP contribution < -0.4 is 9.47 Å². The molecule has 0 fully saturated rings. The monoisotopic (exact) mass is 303 g/mol. The average Bonchev–Trinajstić information content (AvgIpc) is 2.44. The van der Waals surface area contributed by atoms with E-state index < -0.39 is 22.0 Å². The highest BCUT2D eigenvalue weighted by atomic mass is 32.2. The molecule has 1 unspecified atom stereocenters. The van der Waals surface area contributed by atoms with Crippen LogP contribution in [0.15, 0.2) is 23.1 Å². The molecule has 1 rings (SSSR count). The highest BCUT2D eigenvalue weighted by molar-refractivity contribution is 7.89. The molecule has 20 heavy (non-hydrogen) atoms. The number of methoxy groups -OCH3 is 2. The van der Waals surface area contributed by atoms with E-state index in [1.165, 1.54) is 40.3 Å². The van der Waals surface area contributed by atoms with Gasteiger partial charge in [0.05, 0.1) is 14.2 Å². The van der Waals surface area contributed by atoms with E-state index in [-0.39, 0.29) is 16.4 Å². The average molecular weight is 303 g/mol. The standard InChI is InChI=1S/C12H17NO6S/c1-8(12(14)15)13(2)20(16,17)11-9(18-3)6-5-7-10(11)19-4/h5-8H,1-4H3,(H,14,15). The number of aliphatic carboxylic acids is 1. The minimum Gasteiger partial charge on any atom is -0.495 e. The molecule has 0 saturated carbocycles. The SMILES string of the molecule is COc1cccc(OC)c1S(=O)(=O)N(C)C(C)C(=O)O. The van der Waals surface area contributed by atoms with Crippen LogP contribution in [0, 0.1) is 0 Å². The molecule has 0 amide bonds. The summed E-state index contributed by atoms with van der Waals surface area (Å²) >= 11 is 0. The molecular weight excluding hydrogens is 286 g/mol. The van der Waals surface area contributed by atoms with Crippen LogP contribution in [0.5, 0.6) is 11.5 Å². The van der Waals surface area contributed by atoms with Gasteiger partial charge in [-0.2, -0.15) is 4.31 Å². The Bertz CT molecular complexity index is 576.